The Hall–Kier alpha value is -2.58. The van der Waals surface area contributed by atoms with Gasteiger partial charge in [0.05, 0.1) is 20.3 Å². The van der Waals surface area contributed by atoms with Crippen molar-refractivity contribution in [1.82, 2.24) is 14.9 Å². The van der Waals surface area contributed by atoms with Crippen LogP contribution in [-0.2, 0) is 4.74 Å². The number of hydrogen-bond acceptors (Lipinski definition) is 8. The normalized spacial score (nSPS) is 14.0. The second-order valence-corrected chi connectivity index (χ2v) is 7.39. The number of likely N-dealkylation sites (N-methyl/N-ethyl adjacent to an activating group) is 1. The molecule has 0 bridgehead atoms. The van der Waals surface area contributed by atoms with Gasteiger partial charge in [0.2, 0.25) is 5.95 Å². The molecular formula is C22H33N5O3. The van der Waals surface area contributed by atoms with Crippen LogP contribution in [-0.4, -0.2) is 75.5 Å². The van der Waals surface area contributed by atoms with Gasteiger partial charge in [0.1, 0.15) is 5.82 Å². The van der Waals surface area contributed by atoms with Crippen LogP contribution in [0.25, 0.3) is 0 Å². The van der Waals surface area contributed by atoms with E-state index in [1.807, 2.05) is 36.2 Å². The largest absolute Gasteiger partial charge is 0.493 e. The average Bonchev–Trinajstić information content (AvgIpc) is 3.29. The van der Waals surface area contributed by atoms with Gasteiger partial charge in [-0.1, -0.05) is 0 Å². The zero-order valence-electron chi connectivity index (χ0n) is 18.3. The fourth-order valence-corrected chi connectivity index (χ4v) is 3.44. The Labute approximate surface area is 179 Å². The molecule has 8 nitrogen and oxygen atoms in total. The fraction of sp³-hybridized carbons (Fsp3) is 0.545. The summed E-state index contributed by atoms with van der Waals surface area (Å²) >= 11 is 0. The summed E-state index contributed by atoms with van der Waals surface area (Å²) in [6.07, 6.45) is 5.37. The summed E-state index contributed by atoms with van der Waals surface area (Å²) in [7, 11) is 5.32. The van der Waals surface area contributed by atoms with E-state index >= 15 is 0 Å². The van der Waals surface area contributed by atoms with Crippen molar-refractivity contribution in [2.45, 2.75) is 19.3 Å². The lowest BCUT2D eigenvalue weighted by Crippen LogP contribution is -2.23. The van der Waals surface area contributed by atoms with Gasteiger partial charge in [-0.25, -0.2) is 4.98 Å². The van der Waals surface area contributed by atoms with Crippen molar-refractivity contribution in [2.75, 3.05) is 70.9 Å². The highest BCUT2D eigenvalue weighted by Gasteiger charge is 2.12. The van der Waals surface area contributed by atoms with Gasteiger partial charge in [0.25, 0.3) is 0 Å². The van der Waals surface area contributed by atoms with Crippen LogP contribution in [0.4, 0.5) is 17.5 Å². The molecule has 30 heavy (non-hydrogen) atoms. The van der Waals surface area contributed by atoms with E-state index in [-0.39, 0.29) is 0 Å². The fourth-order valence-electron chi connectivity index (χ4n) is 3.44. The zero-order chi connectivity index (χ0) is 21.2. The van der Waals surface area contributed by atoms with E-state index < -0.39 is 0 Å². The van der Waals surface area contributed by atoms with Gasteiger partial charge in [-0.05, 0) is 50.6 Å². The molecule has 0 radical (unpaired) electrons. The summed E-state index contributed by atoms with van der Waals surface area (Å²) < 4.78 is 16.6. The van der Waals surface area contributed by atoms with Crippen molar-refractivity contribution in [3.05, 3.63) is 30.5 Å². The second-order valence-electron chi connectivity index (χ2n) is 7.39. The second kappa shape index (κ2) is 11.6. The molecule has 8 heteroatoms. The molecule has 2 heterocycles. The van der Waals surface area contributed by atoms with Crippen molar-refractivity contribution in [3.8, 4) is 11.5 Å². The molecule has 0 spiro atoms. The molecule has 0 aliphatic carbocycles. The lowest BCUT2D eigenvalue weighted by molar-refractivity contribution is 0.206. The number of hydrogen-bond donors (Lipinski definition) is 1. The summed E-state index contributed by atoms with van der Waals surface area (Å²) in [4.78, 5) is 13.4. The Kier molecular flexibility index (Phi) is 8.53. The smallest absolute Gasteiger partial charge is 0.229 e. The minimum Gasteiger partial charge on any atom is -0.493 e. The maximum atomic E-state index is 6.02. The number of methoxy groups -OCH3 is 2. The Morgan fingerprint density at radius 1 is 1.10 bits per heavy atom. The maximum absolute atomic E-state index is 6.02. The van der Waals surface area contributed by atoms with Gasteiger partial charge >= 0.3 is 0 Å². The van der Waals surface area contributed by atoms with E-state index in [9.17, 15) is 0 Å². The monoisotopic (exact) mass is 415 g/mol. The predicted octanol–water partition coefficient (Wildman–Crippen LogP) is 3.18. The van der Waals surface area contributed by atoms with Crippen LogP contribution in [0.1, 0.15) is 19.3 Å². The number of nitrogens with one attached hydrogen (secondary N) is 1. The van der Waals surface area contributed by atoms with E-state index in [0.29, 0.717) is 19.2 Å². The molecule has 1 aromatic carbocycles. The molecule has 3 rings (SSSR count). The van der Waals surface area contributed by atoms with Gasteiger partial charge in [-0.15, -0.1) is 0 Å². The van der Waals surface area contributed by atoms with Crippen molar-refractivity contribution >= 4 is 17.5 Å². The van der Waals surface area contributed by atoms with E-state index in [0.717, 1.165) is 42.5 Å². The van der Waals surface area contributed by atoms with Gasteiger partial charge < -0.3 is 29.3 Å². The van der Waals surface area contributed by atoms with Crippen molar-refractivity contribution in [1.29, 1.82) is 0 Å². The predicted molar refractivity (Wildman–Crippen MR) is 119 cm³/mol. The molecule has 1 saturated heterocycles. The lowest BCUT2D eigenvalue weighted by atomic mass is 10.2. The summed E-state index contributed by atoms with van der Waals surface area (Å²) in [5.41, 5.74) is 0.849. The molecule has 1 N–H and O–H groups in total. The number of likely N-dealkylation sites (tertiary alicyclic amines) is 1. The van der Waals surface area contributed by atoms with Crippen LogP contribution in [0.2, 0.25) is 0 Å². The number of benzene rings is 1. The summed E-state index contributed by atoms with van der Waals surface area (Å²) in [5, 5.41) is 3.26. The van der Waals surface area contributed by atoms with Crippen LogP contribution in [0, 0.1) is 0 Å². The molecule has 0 saturated carbocycles. The van der Waals surface area contributed by atoms with Crippen LogP contribution in [0.5, 0.6) is 11.5 Å². The summed E-state index contributed by atoms with van der Waals surface area (Å²) in [6, 6.07) is 7.64. The van der Waals surface area contributed by atoms with E-state index in [1.54, 1.807) is 20.4 Å². The standard InChI is InChI=1S/C22H33N5O3/c1-26(14-16-28-2)21-9-10-23-22(25-21)24-18-7-8-19(29-3)20(17-18)30-15-6-13-27-11-4-5-12-27/h7-10,17H,4-6,11-16H2,1-3H3,(H,23,24,25). The lowest BCUT2D eigenvalue weighted by Gasteiger charge is -2.18. The number of nitrogens with zero attached hydrogens (tertiary/aromatic N) is 4. The van der Waals surface area contributed by atoms with E-state index in [1.165, 1.54) is 25.9 Å². The van der Waals surface area contributed by atoms with Gasteiger partial charge in [0.15, 0.2) is 11.5 Å². The number of rotatable bonds is 12. The third-order valence-electron chi connectivity index (χ3n) is 5.16. The van der Waals surface area contributed by atoms with Gasteiger partial charge in [0, 0.05) is 45.2 Å². The Balaban J connectivity index is 1.59. The molecule has 1 fully saturated rings. The van der Waals surface area contributed by atoms with E-state index in [2.05, 4.69) is 20.2 Å². The first-order chi connectivity index (χ1) is 14.7. The van der Waals surface area contributed by atoms with Gasteiger partial charge in [-0.3, -0.25) is 0 Å². The average molecular weight is 416 g/mol. The van der Waals surface area contributed by atoms with Crippen molar-refractivity contribution in [2.24, 2.45) is 0 Å². The minimum absolute atomic E-state index is 0.530. The Morgan fingerprint density at radius 2 is 1.93 bits per heavy atom. The summed E-state index contributed by atoms with van der Waals surface area (Å²) in [6.45, 7) is 5.56. The first-order valence-corrected chi connectivity index (χ1v) is 10.5. The zero-order valence-corrected chi connectivity index (χ0v) is 18.3. The highest BCUT2D eigenvalue weighted by molar-refractivity contribution is 5.60. The third-order valence-corrected chi connectivity index (χ3v) is 5.16. The highest BCUT2D eigenvalue weighted by Crippen LogP contribution is 2.31. The Bertz CT molecular complexity index is 783. The van der Waals surface area contributed by atoms with Crippen LogP contribution in [0.3, 0.4) is 0 Å². The van der Waals surface area contributed by atoms with E-state index in [4.69, 9.17) is 14.2 Å². The molecule has 1 aromatic heterocycles. The molecule has 1 aliphatic rings. The van der Waals surface area contributed by atoms with Crippen molar-refractivity contribution in [3.63, 3.8) is 0 Å². The maximum Gasteiger partial charge on any atom is 0.229 e. The topological polar surface area (TPSA) is 72.0 Å². The molecule has 0 atom stereocenters. The quantitative estimate of drug-likeness (QED) is 0.530. The first kappa shape index (κ1) is 22.1. The molecule has 1 aliphatic heterocycles. The molecule has 0 unspecified atom stereocenters. The third kappa shape index (κ3) is 6.47. The SMILES string of the molecule is COCCN(C)c1ccnc(Nc2ccc(OC)c(OCCCN3CCCC3)c2)n1. The highest BCUT2D eigenvalue weighted by atomic mass is 16.5. The van der Waals surface area contributed by atoms with Crippen LogP contribution >= 0.6 is 0 Å². The molecular weight excluding hydrogens is 382 g/mol. The van der Waals surface area contributed by atoms with Crippen molar-refractivity contribution < 1.29 is 14.2 Å². The number of anilines is 3. The first-order valence-electron chi connectivity index (χ1n) is 10.5. The molecule has 0 amide bonds. The minimum atomic E-state index is 0.530. The Morgan fingerprint density at radius 3 is 2.70 bits per heavy atom. The van der Waals surface area contributed by atoms with Gasteiger partial charge in [-0.2, -0.15) is 4.98 Å². The molecule has 164 valence electrons. The number of ether oxygens (including phenoxy) is 3. The van der Waals surface area contributed by atoms with Crippen LogP contribution in [0.15, 0.2) is 30.5 Å². The number of aromatic nitrogens is 2. The molecule has 2 aromatic rings. The summed E-state index contributed by atoms with van der Waals surface area (Å²) in [5.74, 6) is 2.80. The van der Waals surface area contributed by atoms with Crippen LogP contribution < -0.4 is 19.7 Å².